The number of amides is 1. The molecule has 1 atom stereocenters. The lowest BCUT2D eigenvalue weighted by Crippen LogP contribution is -2.46. The Morgan fingerprint density at radius 1 is 1.28 bits per heavy atom. The van der Waals surface area contributed by atoms with E-state index in [1.807, 2.05) is 6.92 Å². The van der Waals surface area contributed by atoms with Gasteiger partial charge in [0.25, 0.3) is 0 Å². The molecule has 0 bridgehead atoms. The topological polar surface area (TPSA) is 106 Å². The number of fused-ring (bicyclic) bond motifs is 1. The van der Waals surface area contributed by atoms with Crippen LogP contribution in [0.25, 0.3) is 16.9 Å². The number of carboxylic acid groups (broad SMARTS) is 1. The zero-order chi connectivity index (χ0) is 23.0. The summed E-state index contributed by atoms with van der Waals surface area (Å²) in [5, 5.41) is 13.4. The van der Waals surface area contributed by atoms with Crippen molar-refractivity contribution in [1.29, 1.82) is 0 Å². The Balaban J connectivity index is 1.80. The number of aromatic carboxylic acids is 1. The zero-order valence-corrected chi connectivity index (χ0v) is 17.3. The van der Waals surface area contributed by atoms with E-state index in [4.69, 9.17) is 14.6 Å². The van der Waals surface area contributed by atoms with Crippen molar-refractivity contribution >= 4 is 17.7 Å². The number of aromatic nitrogens is 3. The van der Waals surface area contributed by atoms with E-state index in [9.17, 15) is 18.4 Å². The van der Waals surface area contributed by atoms with E-state index in [0.29, 0.717) is 17.9 Å². The number of nitrogens with zero attached hydrogens (tertiary/aromatic N) is 4. The summed E-state index contributed by atoms with van der Waals surface area (Å²) in [6.07, 6.45) is 0.755. The average molecular weight is 446 g/mol. The Hall–Kier alpha value is -3.60. The van der Waals surface area contributed by atoms with Crippen molar-refractivity contribution in [3.8, 4) is 11.3 Å². The molecule has 3 aromatic rings. The molecule has 1 fully saturated rings. The summed E-state index contributed by atoms with van der Waals surface area (Å²) in [5.74, 6) is -3.55. The standard InChI is InChI=1S/C21H20F2N4O5/c1-11-5-17-25-19(18-14(22)6-12(20(28)29)7-15(18)23)16(27(17)24-9-11)8-13-10-26(3-4-32-13)21(30)31-2/h5-7,9,13H,3-4,8,10H2,1-2H3,(H,28,29)/t13-/m0/s1. The number of carbonyl (C=O) groups is 2. The number of methoxy groups -OCH3 is 1. The second-order valence-corrected chi connectivity index (χ2v) is 7.44. The maximum Gasteiger partial charge on any atom is 0.409 e. The van der Waals surface area contributed by atoms with Gasteiger partial charge in [-0.2, -0.15) is 5.10 Å². The molecule has 0 aliphatic carbocycles. The highest BCUT2D eigenvalue weighted by Crippen LogP contribution is 2.31. The number of imidazole rings is 1. The SMILES string of the molecule is COC(=O)N1CCO[C@@H](Cc2c(-c3c(F)cc(C(=O)O)cc3F)nc3cc(C)cnn23)C1. The molecule has 1 aliphatic heterocycles. The van der Waals surface area contributed by atoms with Crippen LogP contribution in [0, 0.1) is 18.6 Å². The second-order valence-electron chi connectivity index (χ2n) is 7.44. The van der Waals surface area contributed by atoms with Gasteiger partial charge in [-0.3, -0.25) is 0 Å². The smallest absolute Gasteiger partial charge is 0.409 e. The van der Waals surface area contributed by atoms with Crippen LogP contribution >= 0.6 is 0 Å². The van der Waals surface area contributed by atoms with Crippen LogP contribution in [0.2, 0.25) is 0 Å². The summed E-state index contributed by atoms with van der Waals surface area (Å²) >= 11 is 0. The number of carbonyl (C=O) groups excluding carboxylic acids is 1. The van der Waals surface area contributed by atoms with E-state index in [1.165, 1.54) is 16.5 Å². The lowest BCUT2D eigenvalue weighted by atomic mass is 10.0. The van der Waals surface area contributed by atoms with Crippen LogP contribution < -0.4 is 0 Å². The molecule has 1 N–H and O–H groups in total. The normalized spacial score (nSPS) is 16.4. The lowest BCUT2D eigenvalue weighted by Gasteiger charge is -2.31. The molecule has 0 saturated carbocycles. The number of morpholine rings is 1. The van der Waals surface area contributed by atoms with Gasteiger partial charge in [-0.1, -0.05) is 0 Å². The van der Waals surface area contributed by atoms with Crippen LogP contribution in [0.1, 0.15) is 21.6 Å². The van der Waals surface area contributed by atoms with Crippen molar-refractivity contribution in [1.82, 2.24) is 19.5 Å². The molecule has 11 heteroatoms. The number of ether oxygens (including phenoxy) is 2. The van der Waals surface area contributed by atoms with Gasteiger partial charge in [-0.15, -0.1) is 0 Å². The number of rotatable bonds is 4. The first-order chi connectivity index (χ1) is 15.3. The monoisotopic (exact) mass is 446 g/mol. The number of aryl methyl sites for hydroxylation is 1. The molecule has 3 heterocycles. The van der Waals surface area contributed by atoms with Crippen LogP contribution in [-0.2, 0) is 15.9 Å². The summed E-state index contributed by atoms with van der Waals surface area (Å²) in [4.78, 5) is 28.9. The summed E-state index contributed by atoms with van der Waals surface area (Å²) < 4.78 is 41.7. The minimum absolute atomic E-state index is 0.00571. The van der Waals surface area contributed by atoms with E-state index in [1.54, 1.807) is 12.3 Å². The van der Waals surface area contributed by atoms with Crippen molar-refractivity contribution < 1.29 is 33.0 Å². The molecule has 1 amide bonds. The van der Waals surface area contributed by atoms with E-state index < -0.39 is 40.9 Å². The first kappa shape index (κ1) is 21.6. The summed E-state index contributed by atoms with van der Waals surface area (Å²) in [5.41, 5.74) is 0.581. The zero-order valence-electron chi connectivity index (χ0n) is 17.3. The molecule has 0 radical (unpaired) electrons. The molecule has 0 spiro atoms. The van der Waals surface area contributed by atoms with Crippen LogP contribution in [0.4, 0.5) is 13.6 Å². The van der Waals surface area contributed by atoms with Gasteiger partial charge in [0.2, 0.25) is 0 Å². The van der Waals surface area contributed by atoms with E-state index >= 15 is 0 Å². The molecule has 9 nitrogen and oxygen atoms in total. The highest BCUT2D eigenvalue weighted by molar-refractivity contribution is 5.88. The number of halogens is 2. The van der Waals surface area contributed by atoms with Crippen LogP contribution in [-0.4, -0.2) is 69.6 Å². The van der Waals surface area contributed by atoms with E-state index in [-0.39, 0.29) is 25.3 Å². The molecule has 168 valence electrons. The van der Waals surface area contributed by atoms with Crippen molar-refractivity contribution in [2.75, 3.05) is 26.8 Å². The van der Waals surface area contributed by atoms with Gasteiger partial charge in [0.1, 0.15) is 17.3 Å². The number of benzene rings is 1. The van der Waals surface area contributed by atoms with Crippen molar-refractivity contribution in [3.05, 3.63) is 52.9 Å². The van der Waals surface area contributed by atoms with E-state index in [2.05, 4.69) is 10.1 Å². The average Bonchev–Trinajstić information content (AvgIpc) is 3.09. The highest BCUT2D eigenvalue weighted by atomic mass is 19.1. The maximum atomic E-state index is 14.9. The van der Waals surface area contributed by atoms with Gasteiger partial charge in [0.15, 0.2) is 5.65 Å². The molecule has 1 aromatic carbocycles. The van der Waals surface area contributed by atoms with Crippen LogP contribution in [0.15, 0.2) is 24.4 Å². The molecule has 1 aliphatic rings. The first-order valence-electron chi connectivity index (χ1n) is 9.80. The minimum atomic E-state index is -1.44. The van der Waals surface area contributed by atoms with Crippen molar-refractivity contribution in [2.45, 2.75) is 19.4 Å². The molecule has 1 saturated heterocycles. The van der Waals surface area contributed by atoms with Gasteiger partial charge < -0.3 is 19.5 Å². The second kappa shape index (κ2) is 8.50. The Morgan fingerprint density at radius 2 is 2.00 bits per heavy atom. The Morgan fingerprint density at radius 3 is 2.66 bits per heavy atom. The molecule has 4 rings (SSSR count). The van der Waals surface area contributed by atoms with Gasteiger partial charge in [0, 0.05) is 13.0 Å². The summed E-state index contributed by atoms with van der Waals surface area (Å²) in [7, 11) is 1.29. The summed E-state index contributed by atoms with van der Waals surface area (Å²) in [6.45, 7) is 2.66. The molecular weight excluding hydrogens is 426 g/mol. The Bertz CT molecular complexity index is 1190. The fraction of sp³-hybridized carbons (Fsp3) is 0.333. The molecule has 0 unspecified atom stereocenters. The highest BCUT2D eigenvalue weighted by Gasteiger charge is 2.29. The van der Waals surface area contributed by atoms with Gasteiger partial charge in [0.05, 0.1) is 49.4 Å². The van der Waals surface area contributed by atoms with Gasteiger partial charge >= 0.3 is 12.1 Å². The first-order valence-corrected chi connectivity index (χ1v) is 9.80. The van der Waals surface area contributed by atoms with Gasteiger partial charge in [-0.25, -0.2) is 27.9 Å². The van der Waals surface area contributed by atoms with Crippen LogP contribution in [0.5, 0.6) is 0 Å². The predicted octanol–water partition coefficient (Wildman–Crippen LogP) is 2.69. The summed E-state index contributed by atoms with van der Waals surface area (Å²) in [6, 6.07) is 3.22. The molecule has 2 aromatic heterocycles. The van der Waals surface area contributed by atoms with Crippen molar-refractivity contribution in [2.24, 2.45) is 0 Å². The minimum Gasteiger partial charge on any atom is -0.478 e. The van der Waals surface area contributed by atoms with Crippen molar-refractivity contribution in [3.63, 3.8) is 0 Å². The third kappa shape index (κ3) is 3.98. The predicted molar refractivity (Wildman–Crippen MR) is 107 cm³/mol. The third-order valence-corrected chi connectivity index (χ3v) is 5.22. The quantitative estimate of drug-likeness (QED) is 0.657. The fourth-order valence-corrected chi connectivity index (χ4v) is 3.74. The molecular formula is C21H20F2N4O5. The maximum absolute atomic E-state index is 14.9. The third-order valence-electron chi connectivity index (χ3n) is 5.22. The van der Waals surface area contributed by atoms with E-state index in [0.717, 1.165) is 17.7 Å². The van der Waals surface area contributed by atoms with Crippen LogP contribution in [0.3, 0.4) is 0 Å². The molecule has 32 heavy (non-hydrogen) atoms. The number of carboxylic acids is 1. The van der Waals surface area contributed by atoms with Gasteiger partial charge in [-0.05, 0) is 30.7 Å². The largest absolute Gasteiger partial charge is 0.478 e. The Kier molecular flexibility index (Phi) is 5.74. The Labute approximate surface area is 181 Å². The number of hydrogen-bond donors (Lipinski definition) is 1. The fourth-order valence-electron chi connectivity index (χ4n) is 3.74. The lowest BCUT2D eigenvalue weighted by molar-refractivity contribution is -0.0242. The number of hydrogen-bond acceptors (Lipinski definition) is 6.